The van der Waals surface area contributed by atoms with Crippen LogP contribution in [-0.4, -0.2) is 91.7 Å². The van der Waals surface area contributed by atoms with Gasteiger partial charge in [-0.3, -0.25) is 14.5 Å². The first-order valence-corrected chi connectivity index (χ1v) is 16.3. The molecule has 11 nitrogen and oxygen atoms in total. The summed E-state index contributed by atoms with van der Waals surface area (Å²) in [6.07, 6.45) is 5.73. The number of benzene rings is 2. The summed E-state index contributed by atoms with van der Waals surface area (Å²) in [5, 5.41) is 8.97. The highest BCUT2D eigenvalue weighted by Gasteiger charge is 2.31. The molecule has 3 aliphatic heterocycles. The van der Waals surface area contributed by atoms with Gasteiger partial charge in [-0.1, -0.05) is 30.3 Å². The van der Waals surface area contributed by atoms with E-state index >= 15 is 0 Å². The van der Waals surface area contributed by atoms with E-state index < -0.39 is 0 Å². The minimum atomic E-state index is -0.275. The van der Waals surface area contributed by atoms with E-state index in [2.05, 4.69) is 55.0 Å². The van der Waals surface area contributed by atoms with Crippen LogP contribution in [0.3, 0.4) is 0 Å². The number of hydrogen-bond acceptors (Lipinski definition) is 10. The van der Waals surface area contributed by atoms with Crippen molar-refractivity contribution in [2.75, 3.05) is 80.6 Å². The molecule has 3 fully saturated rings. The number of rotatable bonds is 9. The van der Waals surface area contributed by atoms with Gasteiger partial charge >= 0.3 is 0 Å². The highest BCUT2D eigenvalue weighted by atomic mass is 35.5. The molecule has 3 aliphatic rings. The molecule has 0 saturated carbocycles. The van der Waals surface area contributed by atoms with E-state index in [9.17, 15) is 4.79 Å². The van der Waals surface area contributed by atoms with Crippen LogP contribution in [0.4, 0.5) is 28.7 Å². The Labute approximate surface area is 276 Å². The number of halogens is 1. The topological polar surface area (TPSA) is 98.3 Å². The summed E-state index contributed by atoms with van der Waals surface area (Å²) in [5.41, 5.74) is 4.39. The molecule has 0 bridgehead atoms. The van der Waals surface area contributed by atoms with Crippen LogP contribution in [0.15, 0.2) is 55.4 Å². The van der Waals surface area contributed by atoms with Crippen LogP contribution in [0.5, 0.6) is 5.75 Å². The highest BCUT2D eigenvalue weighted by Crippen LogP contribution is 2.41. The largest absolute Gasteiger partial charge is 0.494 e. The summed E-state index contributed by atoms with van der Waals surface area (Å²) in [7, 11) is 3.84. The Hall–Kier alpha value is -3.90. The highest BCUT2D eigenvalue weighted by molar-refractivity contribution is 6.31. The van der Waals surface area contributed by atoms with Gasteiger partial charge in [-0.25, -0.2) is 15.0 Å². The number of anilines is 5. The van der Waals surface area contributed by atoms with E-state index in [4.69, 9.17) is 21.2 Å². The number of nitrogens with zero attached hydrogens (tertiary/aromatic N) is 6. The quantitative estimate of drug-likeness (QED) is 0.294. The molecule has 0 spiro atoms. The van der Waals surface area contributed by atoms with E-state index in [0.717, 1.165) is 80.4 Å². The van der Waals surface area contributed by atoms with Gasteiger partial charge in [0.1, 0.15) is 17.9 Å². The van der Waals surface area contributed by atoms with E-state index in [0.29, 0.717) is 41.4 Å². The summed E-state index contributed by atoms with van der Waals surface area (Å²) in [5.74, 6) is 1.54. The molecule has 1 aromatic heterocycles. The van der Waals surface area contributed by atoms with Crippen LogP contribution in [-0.2, 0) is 9.63 Å². The fourth-order valence-electron chi connectivity index (χ4n) is 6.68. The normalized spacial score (nSPS) is 19.7. The van der Waals surface area contributed by atoms with Crippen LogP contribution in [0.2, 0.25) is 5.02 Å². The molecule has 12 heteroatoms. The molecule has 1 unspecified atom stereocenters. The van der Waals surface area contributed by atoms with Gasteiger partial charge in [0, 0.05) is 68.9 Å². The van der Waals surface area contributed by atoms with Crippen molar-refractivity contribution >= 4 is 46.2 Å². The van der Waals surface area contributed by atoms with Crippen molar-refractivity contribution in [3.05, 3.63) is 71.5 Å². The van der Waals surface area contributed by atoms with Crippen molar-refractivity contribution in [3.8, 4) is 5.75 Å². The third-order valence-electron chi connectivity index (χ3n) is 9.34. The number of nitrogens with one attached hydrogen (secondary N) is 2. The summed E-state index contributed by atoms with van der Waals surface area (Å²) < 4.78 is 5.87. The molecule has 2 N–H and O–H groups in total. The van der Waals surface area contributed by atoms with Gasteiger partial charge in [-0.2, -0.15) is 0 Å². The van der Waals surface area contributed by atoms with Gasteiger partial charge in [0.2, 0.25) is 5.91 Å². The minimum Gasteiger partial charge on any atom is -0.494 e. The van der Waals surface area contributed by atoms with Gasteiger partial charge in [0.05, 0.1) is 36.8 Å². The van der Waals surface area contributed by atoms with E-state index in [1.165, 1.54) is 12.4 Å². The number of piperazine rings is 1. The van der Waals surface area contributed by atoms with Crippen LogP contribution >= 0.6 is 11.6 Å². The second-order valence-corrected chi connectivity index (χ2v) is 12.5. The van der Waals surface area contributed by atoms with E-state index in [1.807, 2.05) is 42.3 Å². The molecule has 4 heterocycles. The summed E-state index contributed by atoms with van der Waals surface area (Å²) in [4.78, 5) is 35.0. The van der Waals surface area contributed by atoms with E-state index in [1.54, 1.807) is 7.11 Å². The van der Waals surface area contributed by atoms with Crippen LogP contribution < -0.4 is 25.3 Å². The van der Waals surface area contributed by atoms with Crippen molar-refractivity contribution in [3.63, 3.8) is 0 Å². The van der Waals surface area contributed by atoms with Crippen molar-refractivity contribution < 1.29 is 14.4 Å². The zero-order valence-corrected chi connectivity index (χ0v) is 27.6. The molecule has 1 atom stereocenters. The second kappa shape index (κ2) is 14.3. The number of ether oxygens (including phenoxy) is 1. The maximum atomic E-state index is 12.6. The molecule has 3 saturated heterocycles. The molecule has 3 aromatic rings. The number of aromatic nitrogens is 2. The average molecular weight is 647 g/mol. The fourth-order valence-corrected chi connectivity index (χ4v) is 6.86. The Morgan fingerprint density at radius 1 is 1.07 bits per heavy atom. The van der Waals surface area contributed by atoms with Crippen LogP contribution in [0, 0.1) is 6.92 Å². The summed E-state index contributed by atoms with van der Waals surface area (Å²) in [6.45, 7) is 12.5. The number of amides is 1. The van der Waals surface area contributed by atoms with Crippen molar-refractivity contribution in [2.45, 2.75) is 38.3 Å². The Morgan fingerprint density at radius 3 is 2.59 bits per heavy atom. The minimum absolute atomic E-state index is 0.0311. The number of methoxy groups -OCH3 is 1. The summed E-state index contributed by atoms with van der Waals surface area (Å²) in [6, 6.07) is 12.2. The standard InChI is InChI=1S/C34H43ClN8O3/c1-5-34(44)39-27-19-28(31(45-4)20-30(27)42-12-9-24(10-13-42)41-16-14-40(3)15-17-41)38-32-21-33(37-22-36-32)43-29(11-18-46-43)25-7-6-8-26(35)23(25)2/h5-8,19-22,24,29H,1,9-18H2,2-4H3,(H,39,44)(H,36,37,38). The van der Waals surface area contributed by atoms with Crippen molar-refractivity contribution in [1.29, 1.82) is 0 Å². The molecular weight excluding hydrogens is 604 g/mol. The predicted octanol–water partition coefficient (Wildman–Crippen LogP) is 5.41. The number of carbonyl (C=O) groups is 1. The van der Waals surface area contributed by atoms with Crippen molar-refractivity contribution in [1.82, 2.24) is 19.8 Å². The maximum absolute atomic E-state index is 12.6. The van der Waals surface area contributed by atoms with Crippen LogP contribution in [0.1, 0.15) is 36.4 Å². The number of hydrogen-bond donors (Lipinski definition) is 2. The lowest BCUT2D eigenvalue weighted by molar-refractivity contribution is -0.111. The average Bonchev–Trinajstić information content (AvgIpc) is 3.57. The summed E-state index contributed by atoms with van der Waals surface area (Å²) >= 11 is 6.44. The lowest BCUT2D eigenvalue weighted by atomic mass is 9.99. The molecule has 1 amide bonds. The van der Waals surface area contributed by atoms with Gasteiger partial charge < -0.3 is 25.2 Å². The molecule has 2 aromatic carbocycles. The van der Waals surface area contributed by atoms with Crippen LogP contribution in [0.25, 0.3) is 0 Å². The van der Waals surface area contributed by atoms with E-state index in [-0.39, 0.29) is 11.9 Å². The molecule has 0 radical (unpaired) electrons. The molecular formula is C34H43ClN8O3. The Bertz CT molecular complexity index is 1560. The zero-order valence-electron chi connectivity index (χ0n) is 26.8. The fraction of sp³-hybridized carbons (Fsp3) is 0.441. The lowest BCUT2D eigenvalue weighted by Gasteiger charge is -2.43. The first-order chi connectivity index (χ1) is 22.3. The molecule has 6 rings (SSSR count). The number of likely N-dealkylation sites (N-methyl/N-ethyl adjacent to an activating group) is 1. The van der Waals surface area contributed by atoms with Gasteiger partial charge in [-0.15, -0.1) is 0 Å². The predicted molar refractivity (Wildman–Crippen MR) is 183 cm³/mol. The van der Waals surface area contributed by atoms with Gasteiger partial charge in [0.15, 0.2) is 5.82 Å². The Morgan fingerprint density at radius 2 is 1.85 bits per heavy atom. The first-order valence-electron chi connectivity index (χ1n) is 15.9. The number of carbonyl (C=O) groups excluding carboxylic acids is 1. The third kappa shape index (κ3) is 6.92. The second-order valence-electron chi connectivity index (χ2n) is 12.1. The van der Waals surface area contributed by atoms with Crippen molar-refractivity contribution in [2.24, 2.45) is 0 Å². The first kappa shape index (κ1) is 32.1. The molecule has 0 aliphatic carbocycles. The number of piperidine rings is 1. The maximum Gasteiger partial charge on any atom is 0.247 e. The van der Waals surface area contributed by atoms with Gasteiger partial charge in [-0.05, 0) is 56.1 Å². The Balaban J connectivity index is 1.23. The smallest absolute Gasteiger partial charge is 0.247 e. The zero-order chi connectivity index (χ0) is 32.2. The van der Waals surface area contributed by atoms with Gasteiger partial charge in [0.25, 0.3) is 0 Å². The Kier molecular flexibility index (Phi) is 9.93. The SMILES string of the molecule is C=CC(=O)Nc1cc(Nc2cc(N3OCCC3c3cccc(Cl)c3C)ncn2)c(OC)cc1N1CCC(N2CCN(C)CC2)CC1. The molecule has 244 valence electrons. The number of hydroxylamine groups is 1. The monoisotopic (exact) mass is 646 g/mol. The lowest BCUT2D eigenvalue weighted by Crippen LogP contribution is -2.52. The third-order valence-corrected chi connectivity index (χ3v) is 9.74. The molecule has 46 heavy (non-hydrogen) atoms.